The van der Waals surface area contributed by atoms with Crippen LogP contribution in [0, 0.1) is 0 Å². The average Bonchev–Trinajstić information content (AvgIpc) is 2.43. The molecule has 4 heteroatoms. The van der Waals surface area contributed by atoms with E-state index in [-0.39, 0.29) is 12.5 Å². The number of nitrogens with one attached hydrogen (secondary N) is 1. The number of hydrogen-bond acceptors (Lipinski definition) is 3. The van der Waals surface area contributed by atoms with Gasteiger partial charge in [-0.25, -0.2) is 0 Å². The topological polar surface area (TPSA) is 75.3 Å². The van der Waals surface area contributed by atoms with Crippen molar-refractivity contribution in [3.63, 3.8) is 0 Å². The van der Waals surface area contributed by atoms with E-state index >= 15 is 0 Å². The zero-order chi connectivity index (χ0) is 15.0. The van der Waals surface area contributed by atoms with Gasteiger partial charge in [0.05, 0.1) is 11.6 Å². The van der Waals surface area contributed by atoms with Crippen molar-refractivity contribution in [1.29, 1.82) is 0 Å². The van der Waals surface area contributed by atoms with Crippen LogP contribution in [-0.4, -0.2) is 29.2 Å². The molecule has 0 aromatic heterocycles. The van der Waals surface area contributed by atoms with Gasteiger partial charge in [0.15, 0.2) is 0 Å². The highest BCUT2D eigenvalue weighted by molar-refractivity contribution is 5.81. The fourth-order valence-electron chi connectivity index (χ4n) is 2.13. The van der Waals surface area contributed by atoms with Crippen molar-refractivity contribution in [3.05, 3.63) is 35.9 Å². The van der Waals surface area contributed by atoms with E-state index in [1.165, 1.54) is 5.56 Å². The predicted octanol–water partition coefficient (Wildman–Crippen LogP) is 1.61. The Balaban J connectivity index is 2.32. The molecular formula is C16H26N2O2. The molecule has 0 radical (unpaired) electrons. The molecule has 0 aliphatic heterocycles. The largest absolute Gasteiger partial charge is 0.388 e. The van der Waals surface area contributed by atoms with Crippen LogP contribution in [0.25, 0.3) is 0 Å². The van der Waals surface area contributed by atoms with E-state index in [0.29, 0.717) is 12.8 Å². The lowest BCUT2D eigenvalue weighted by atomic mass is 10.0. The molecule has 0 aliphatic rings. The Kier molecular flexibility index (Phi) is 6.68. The molecule has 20 heavy (non-hydrogen) atoms. The fourth-order valence-corrected chi connectivity index (χ4v) is 2.13. The van der Waals surface area contributed by atoms with E-state index in [9.17, 15) is 9.90 Å². The maximum absolute atomic E-state index is 11.9. The Morgan fingerprint density at radius 3 is 2.65 bits per heavy atom. The molecule has 4 nitrogen and oxygen atoms in total. The monoisotopic (exact) mass is 278 g/mol. The minimum atomic E-state index is -0.858. The van der Waals surface area contributed by atoms with E-state index in [1.54, 1.807) is 6.92 Å². The molecule has 0 bridgehead atoms. The third-order valence-corrected chi connectivity index (χ3v) is 3.36. The Morgan fingerprint density at radius 2 is 2.05 bits per heavy atom. The lowest BCUT2D eigenvalue weighted by molar-refractivity contribution is -0.123. The Bertz CT molecular complexity index is 404. The van der Waals surface area contributed by atoms with Crippen molar-refractivity contribution < 1.29 is 9.90 Å². The first-order chi connectivity index (χ1) is 9.44. The van der Waals surface area contributed by atoms with Gasteiger partial charge >= 0.3 is 0 Å². The number of carbonyl (C=O) groups is 1. The molecule has 0 saturated carbocycles. The summed E-state index contributed by atoms with van der Waals surface area (Å²) in [4.78, 5) is 11.9. The summed E-state index contributed by atoms with van der Waals surface area (Å²) >= 11 is 0. The summed E-state index contributed by atoms with van der Waals surface area (Å²) in [5.41, 5.74) is 6.19. The molecule has 4 N–H and O–H groups in total. The molecule has 2 unspecified atom stereocenters. The third-order valence-electron chi connectivity index (χ3n) is 3.36. The number of nitrogens with two attached hydrogens (primary N) is 1. The highest BCUT2D eigenvalue weighted by atomic mass is 16.3. The molecule has 0 spiro atoms. The highest BCUT2D eigenvalue weighted by Crippen LogP contribution is 2.10. The normalized spacial score (nSPS) is 15.4. The van der Waals surface area contributed by atoms with E-state index in [2.05, 4.69) is 5.32 Å². The van der Waals surface area contributed by atoms with Crippen LogP contribution >= 0.6 is 0 Å². The summed E-state index contributed by atoms with van der Waals surface area (Å²) < 4.78 is 0. The number of aryl methyl sites for hydroxylation is 1. The van der Waals surface area contributed by atoms with Gasteiger partial charge in [0.25, 0.3) is 0 Å². The molecule has 1 amide bonds. The van der Waals surface area contributed by atoms with Gasteiger partial charge in [-0.05, 0) is 31.7 Å². The van der Waals surface area contributed by atoms with Crippen molar-refractivity contribution in [2.24, 2.45) is 5.73 Å². The van der Waals surface area contributed by atoms with Gasteiger partial charge in [-0.2, -0.15) is 0 Å². The van der Waals surface area contributed by atoms with Crippen molar-refractivity contribution in [2.75, 3.05) is 6.54 Å². The van der Waals surface area contributed by atoms with Crippen LogP contribution in [0.3, 0.4) is 0 Å². The fraction of sp³-hybridized carbons (Fsp3) is 0.562. The number of aliphatic hydroxyl groups is 1. The van der Waals surface area contributed by atoms with Gasteiger partial charge in [0.1, 0.15) is 0 Å². The van der Waals surface area contributed by atoms with E-state index in [1.807, 2.05) is 37.3 Å². The first-order valence-electron chi connectivity index (χ1n) is 7.24. The third kappa shape index (κ3) is 6.17. The number of hydrogen-bond donors (Lipinski definition) is 3. The molecule has 1 aromatic rings. The lowest BCUT2D eigenvalue weighted by Crippen LogP contribution is -2.47. The second-order valence-electron chi connectivity index (χ2n) is 5.60. The molecular weight excluding hydrogens is 252 g/mol. The van der Waals surface area contributed by atoms with Crippen molar-refractivity contribution in [1.82, 2.24) is 5.32 Å². The van der Waals surface area contributed by atoms with Crippen LogP contribution in [0.4, 0.5) is 0 Å². The predicted molar refractivity (Wildman–Crippen MR) is 81.3 cm³/mol. The summed E-state index contributed by atoms with van der Waals surface area (Å²) in [6.07, 6.45) is 2.92. The summed E-state index contributed by atoms with van der Waals surface area (Å²) in [5.74, 6) is -0.197. The zero-order valence-corrected chi connectivity index (χ0v) is 12.4. The van der Waals surface area contributed by atoms with E-state index in [4.69, 9.17) is 5.73 Å². The second kappa shape index (κ2) is 8.02. The molecule has 0 saturated heterocycles. The molecule has 1 aromatic carbocycles. The molecule has 0 heterocycles. The van der Waals surface area contributed by atoms with Gasteiger partial charge < -0.3 is 16.2 Å². The Hall–Kier alpha value is -1.39. The molecule has 0 aliphatic carbocycles. The van der Waals surface area contributed by atoms with Gasteiger partial charge in [-0.1, -0.05) is 43.7 Å². The van der Waals surface area contributed by atoms with Gasteiger partial charge in [0, 0.05) is 6.54 Å². The van der Waals surface area contributed by atoms with Crippen LogP contribution in [0.15, 0.2) is 30.3 Å². The van der Waals surface area contributed by atoms with Crippen LogP contribution in [0.2, 0.25) is 0 Å². The summed E-state index contributed by atoms with van der Waals surface area (Å²) in [7, 11) is 0. The maximum atomic E-state index is 11.9. The van der Waals surface area contributed by atoms with E-state index in [0.717, 1.165) is 12.8 Å². The molecule has 2 atom stereocenters. The molecule has 0 fully saturated rings. The minimum Gasteiger partial charge on any atom is -0.388 e. The maximum Gasteiger partial charge on any atom is 0.237 e. The zero-order valence-electron chi connectivity index (χ0n) is 12.4. The molecule has 112 valence electrons. The van der Waals surface area contributed by atoms with Crippen molar-refractivity contribution in [2.45, 2.75) is 51.2 Å². The van der Waals surface area contributed by atoms with Gasteiger partial charge in [0.2, 0.25) is 5.91 Å². The average molecular weight is 278 g/mol. The number of rotatable bonds is 8. The van der Waals surface area contributed by atoms with Crippen LogP contribution in [0.1, 0.15) is 38.7 Å². The first-order valence-corrected chi connectivity index (χ1v) is 7.24. The Morgan fingerprint density at radius 1 is 1.40 bits per heavy atom. The van der Waals surface area contributed by atoms with Gasteiger partial charge in [-0.15, -0.1) is 0 Å². The number of carbonyl (C=O) groups excluding carboxylic acids is 1. The molecule has 1 rings (SSSR count). The van der Waals surface area contributed by atoms with E-state index < -0.39 is 11.6 Å². The first kappa shape index (κ1) is 16.7. The van der Waals surface area contributed by atoms with Crippen molar-refractivity contribution >= 4 is 5.91 Å². The quantitative estimate of drug-likeness (QED) is 0.676. The lowest BCUT2D eigenvalue weighted by Gasteiger charge is -2.24. The number of benzene rings is 1. The Labute approximate surface area is 121 Å². The van der Waals surface area contributed by atoms with Crippen LogP contribution < -0.4 is 11.1 Å². The number of amides is 1. The standard InChI is InChI=1S/C16H26N2O2/c1-3-11-16(2,20)12-18-15(19)14(17)10-9-13-7-5-4-6-8-13/h4-8,14,20H,3,9-12,17H2,1-2H3,(H,18,19). The smallest absolute Gasteiger partial charge is 0.237 e. The minimum absolute atomic E-state index is 0.197. The summed E-state index contributed by atoms with van der Waals surface area (Å²) in [6, 6.07) is 9.43. The van der Waals surface area contributed by atoms with Crippen molar-refractivity contribution in [3.8, 4) is 0 Å². The van der Waals surface area contributed by atoms with Crippen LogP contribution in [-0.2, 0) is 11.2 Å². The second-order valence-corrected chi connectivity index (χ2v) is 5.60. The highest BCUT2D eigenvalue weighted by Gasteiger charge is 2.21. The SMILES string of the molecule is CCCC(C)(O)CNC(=O)C(N)CCc1ccccc1. The summed E-state index contributed by atoms with van der Waals surface area (Å²) in [5, 5.41) is 12.7. The van der Waals surface area contributed by atoms with Gasteiger partial charge in [-0.3, -0.25) is 4.79 Å². The summed E-state index contributed by atoms with van der Waals surface area (Å²) in [6.45, 7) is 3.98. The van der Waals surface area contributed by atoms with Crippen LogP contribution in [0.5, 0.6) is 0 Å².